The standard InChI is InChI=1S/C12H20O/c1-9(2)4-6-11-8-12(13)7-5-10(11)3/h4,11-13H,3,5-8H2,1-2H3. The Balaban J connectivity index is 2.47. The molecule has 1 aliphatic carbocycles. The van der Waals surface area contributed by atoms with E-state index in [-0.39, 0.29) is 6.10 Å². The summed E-state index contributed by atoms with van der Waals surface area (Å²) in [6.07, 6.45) is 6.02. The molecule has 2 unspecified atom stereocenters. The van der Waals surface area contributed by atoms with Gasteiger partial charge in [-0.3, -0.25) is 0 Å². The first-order valence-corrected chi connectivity index (χ1v) is 5.08. The highest BCUT2D eigenvalue weighted by molar-refractivity contribution is 5.08. The minimum absolute atomic E-state index is 0.0962. The van der Waals surface area contributed by atoms with Crippen LogP contribution in [0.5, 0.6) is 0 Å². The molecule has 0 radical (unpaired) electrons. The number of hydrogen-bond donors (Lipinski definition) is 1. The van der Waals surface area contributed by atoms with Gasteiger partial charge in [-0.25, -0.2) is 0 Å². The normalized spacial score (nSPS) is 28.7. The van der Waals surface area contributed by atoms with Gasteiger partial charge in [0.15, 0.2) is 0 Å². The average molecular weight is 180 g/mol. The van der Waals surface area contributed by atoms with E-state index >= 15 is 0 Å². The topological polar surface area (TPSA) is 20.2 Å². The maximum Gasteiger partial charge on any atom is 0.0549 e. The Morgan fingerprint density at radius 1 is 1.62 bits per heavy atom. The zero-order valence-electron chi connectivity index (χ0n) is 8.71. The van der Waals surface area contributed by atoms with Gasteiger partial charge in [0.05, 0.1) is 6.10 Å². The number of rotatable bonds is 2. The van der Waals surface area contributed by atoms with Gasteiger partial charge in [-0.15, -0.1) is 0 Å². The Morgan fingerprint density at radius 2 is 2.31 bits per heavy atom. The van der Waals surface area contributed by atoms with E-state index in [0.29, 0.717) is 5.92 Å². The van der Waals surface area contributed by atoms with Crippen LogP contribution in [0.25, 0.3) is 0 Å². The maximum atomic E-state index is 9.50. The first-order valence-electron chi connectivity index (χ1n) is 5.08. The van der Waals surface area contributed by atoms with Crippen molar-refractivity contribution in [3.8, 4) is 0 Å². The van der Waals surface area contributed by atoms with Gasteiger partial charge in [0.2, 0.25) is 0 Å². The largest absolute Gasteiger partial charge is 0.393 e. The summed E-state index contributed by atoms with van der Waals surface area (Å²) >= 11 is 0. The second kappa shape index (κ2) is 4.61. The van der Waals surface area contributed by atoms with Gasteiger partial charge >= 0.3 is 0 Å². The summed E-state index contributed by atoms with van der Waals surface area (Å²) in [5, 5.41) is 9.50. The van der Waals surface area contributed by atoms with Gasteiger partial charge in [0, 0.05) is 0 Å². The molecule has 1 N–H and O–H groups in total. The van der Waals surface area contributed by atoms with Crippen molar-refractivity contribution in [1.29, 1.82) is 0 Å². The van der Waals surface area contributed by atoms with Crippen molar-refractivity contribution in [2.45, 2.75) is 45.6 Å². The highest BCUT2D eigenvalue weighted by atomic mass is 16.3. The van der Waals surface area contributed by atoms with Crippen LogP contribution >= 0.6 is 0 Å². The molecule has 0 saturated heterocycles. The van der Waals surface area contributed by atoms with Crippen molar-refractivity contribution in [1.82, 2.24) is 0 Å². The van der Waals surface area contributed by atoms with Crippen LogP contribution < -0.4 is 0 Å². The van der Waals surface area contributed by atoms with Crippen LogP contribution in [-0.2, 0) is 0 Å². The molecule has 2 atom stereocenters. The van der Waals surface area contributed by atoms with Crippen LogP contribution in [0.1, 0.15) is 39.5 Å². The third-order valence-corrected chi connectivity index (χ3v) is 2.74. The number of aliphatic hydroxyl groups excluding tert-OH is 1. The van der Waals surface area contributed by atoms with Crippen molar-refractivity contribution < 1.29 is 5.11 Å². The molecule has 1 fully saturated rings. The molecule has 0 amide bonds. The molecule has 1 nitrogen and oxygen atoms in total. The Hall–Kier alpha value is -0.560. The van der Waals surface area contributed by atoms with Crippen LogP contribution in [0.2, 0.25) is 0 Å². The first kappa shape index (κ1) is 10.5. The fourth-order valence-corrected chi connectivity index (χ4v) is 1.81. The second-order valence-corrected chi connectivity index (χ2v) is 4.30. The third-order valence-electron chi connectivity index (χ3n) is 2.74. The quantitative estimate of drug-likeness (QED) is 0.647. The summed E-state index contributed by atoms with van der Waals surface area (Å²) in [5.41, 5.74) is 2.68. The van der Waals surface area contributed by atoms with E-state index in [2.05, 4.69) is 26.5 Å². The van der Waals surface area contributed by atoms with E-state index in [1.807, 2.05) is 0 Å². The van der Waals surface area contributed by atoms with Crippen molar-refractivity contribution in [2.75, 3.05) is 0 Å². The highest BCUT2D eigenvalue weighted by Crippen LogP contribution is 2.31. The van der Waals surface area contributed by atoms with Gasteiger partial charge in [-0.2, -0.15) is 0 Å². The fraction of sp³-hybridized carbons (Fsp3) is 0.667. The molecule has 0 aromatic carbocycles. The number of allylic oxidation sites excluding steroid dienone is 3. The van der Waals surface area contributed by atoms with Crippen molar-refractivity contribution in [2.24, 2.45) is 5.92 Å². The van der Waals surface area contributed by atoms with E-state index in [0.717, 1.165) is 25.7 Å². The predicted octanol–water partition coefficient (Wildman–Crippen LogP) is 3.06. The molecule has 1 saturated carbocycles. The van der Waals surface area contributed by atoms with Gasteiger partial charge in [-0.05, 0) is 45.4 Å². The molecule has 0 aliphatic heterocycles. The molecule has 0 aromatic rings. The first-order chi connectivity index (χ1) is 6.09. The van der Waals surface area contributed by atoms with Crippen LogP contribution in [0.4, 0.5) is 0 Å². The molecule has 1 aliphatic rings. The summed E-state index contributed by atoms with van der Waals surface area (Å²) < 4.78 is 0. The zero-order chi connectivity index (χ0) is 9.84. The Morgan fingerprint density at radius 3 is 2.92 bits per heavy atom. The van der Waals surface area contributed by atoms with E-state index in [4.69, 9.17) is 0 Å². The lowest BCUT2D eigenvalue weighted by Gasteiger charge is -2.27. The Kier molecular flexibility index (Phi) is 3.73. The van der Waals surface area contributed by atoms with Crippen LogP contribution in [0.3, 0.4) is 0 Å². The molecule has 13 heavy (non-hydrogen) atoms. The molecule has 0 aromatic heterocycles. The Labute approximate surface area is 81.2 Å². The molecule has 1 heteroatoms. The van der Waals surface area contributed by atoms with Crippen molar-refractivity contribution in [3.05, 3.63) is 23.8 Å². The molecular formula is C12H20O. The average Bonchev–Trinajstić information content (AvgIpc) is 2.06. The number of hydrogen-bond acceptors (Lipinski definition) is 1. The minimum atomic E-state index is -0.0962. The molecule has 74 valence electrons. The molecule has 0 spiro atoms. The van der Waals surface area contributed by atoms with Crippen LogP contribution in [0.15, 0.2) is 23.8 Å². The fourth-order valence-electron chi connectivity index (χ4n) is 1.81. The summed E-state index contributed by atoms with van der Waals surface area (Å²) in [5.74, 6) is 0.513. The van der Waals surface area contributed by atoms with E-state index < -0.39 is 0 Å². The lowest BCUT2D eigenvalue weighted by molar-refractivity contribution is 0.123. The summed E-state index contributed by atoms with van der Waals surface area (Å²) in [4.78, 5) is 0. The van der Waals surface area contributed by atoms with Crippen molar-refractivity contribution in [3.63, 3.8) is 0 Å². The van der Waals surface area contributed by atoms with E-state index in [1.54, 1.807) is 0 Å². The van der Waals surface area contributed by atoms with Crippen LogP contribution in [-0.4, -0.2) is 11.2 Å². The maximum absolute atomic E-state index is 9.50. The lowest BCUT2D eigenvalue weighted by Crippen LogP contribution is -2.20. The van der Waals surface area contributed by atoms with E-state index in [1.165, 1.54) is 11.1 Å². The molecule has 0 heterocycles. The zero-order valence-corrected chi connectivity index (χ0v) is 8.71. The van der Waals surface area contributed by atoms with Gasteiger partial charge < -0.3 is 5.11 Å². The highest BCUT2D eigenvalue weighted by Gasteiger charge is 2.21. The molecule has 1 rings (SSSR count). The number of aliphatic hydroxyl groups is 1. The summed E-state index contributed by atoms with van der Waals surface area (Å²) in [6, 6.07) is 0. The second-order valence-electron chi connectivity index (χ2n) is 4.30. The lowest BCUT2D eigenvalue weighted by atomic mass is 9.81. The predicted molar refractivity (Wildman–Crippen MR) is 56.5 cm³/mol. The molecular weight excluding hydrogens is 160 g/mol. The van der Waals surface area contributed by atoms with Gasteiger partial charge in [0.25, 0.3) is 0 Å². The third kappa shape index (κ3) is 3.35. The monoisotopic (exact) mass is 180 g/mol. The Bertz CT molecular complexity index is 211. The van der Waals surface area contributed by atoms with E-state index in [9.17, 15) is 5.11 Å². The summed E-state index contributed by atoms with van der Waals surface area (Å²) in [7, 11) is 0. The van der Waals surface area contributed by atoms with Crippen LogP contribution in [0, 0.1) is 5.92 Å². The van der Waals surface area contributed by atoms with Gasteiger partial charge in [-0.1, -0.05) is 23.8 Å². The van der Waals surface area contributed by atoms with Crippen molar-refractivity contribution >= 4 is 0 Å². The smallest absolute Gasteiger partial charge is 0.0549 e. The SMILES string of the molecule is C=C1CCC(O)CC1CC=C(C)C. The van der Waals surface area contributed by atoms with Gasteiger partial charge in [0.1, 0.15) is 0 Å². The minimum Gasteiger partial charge on any atom is -0.393 e. The molecule has 0 bridgehead atoms. The summed E-state index contributed by atoms with van der Waals surface area (Å²) in [6.45, 7) is 8.29.